The molecule has 0 spiro atoms. The van der Waals surface area contributed by atoms with Crippen LogP contribution in [0.15, 0.2) is 72.3 Å². The molecule has 1 N–H and O–H groups in total. The van der Waals surface area contributed by atoms with Gasteiger partial charge in [0.2, 0.25) is 0 Å². The third-order valence-corrected chi connectivity index (χ3v) is 6.43. The molecule has 4 rings (SSSR count). The standard InChI is InChI=1S/C29H31NO3/c1-5-6-18-30-25(20-14-16-21(17-15-20)29(2,3)4)24(27(32)28(30)33)26(31)23-13-9-11-19-10-7-8-12-22(19)23/h7-17,25,31H,5-6,18H2,1-4H3/b26-24-. The fourth-order valence-corrected chi connectivity index (χ4v) is 4.53. The van der Waals surface area contributed by atoms with Crippen molar-refractivity contribution in [3.63, 3.8) is 0 Å². The summed E-state index contributed by atoms with van der Waals surface area (Å²) in [6.45, 7) is 8.97. The molecule has 0 aromatic heterocycles. The first-order valence-corrected chi connectivity index (χ1v) is 11.6. The van der Waals surface area contributed by atoms with Gasteiger partial charge in [-0.15, -0.1) is 0 Å². The molecule has 1 atom stereocenters. The van der Waals surface area contributed by atoms with Gasteiger partial charge in [0, 0.05) is 12.1 Å². The number of hydrogen-bond donors (Lipinski definition) is 1. The first-order valence-electron chi connectivity index (χ1n) is 11.6. The van der Waals surface area contributed by atoms with Crippen molar-refractivity contribution in [2.75, 3.05) is 6.54 Å². The lowest BCUT2D eigenvalue weighted by molar-refractivity contribution is -0.139. The van der Waals surface area contributed by atoms with Crippen LogP contribution >= 0.6 is 0 Å². The number of rotatable bonds is 5. The van der Waals surface area contributed by atoms with Crippen molar-refractivity contribution in [1.82, 2.24) is 4.90 Å². The second kappa shape index (κ2) is 8.86. The molecule has 3 aromatic rings. The molecule has 0 saturated carbocycles. The van der Waals surface area contributed by atoms with Crippen molar-refractivity contribution >= 4 is 28.2 Å². The largest absolute Gasteiger partial charge is 0.507 e. The highest BCUT2D eigenvalue weighted by Crippen LogP contribution is 2.41. The summed E-state index contributed by atoms with van der Waals surface area (Å²) in [7, 11) is 0. The number of ketones is 1. The van der Waals surface area contributed by atoms with Crippen molar-refractivity contribution in [1.29, 1.82) is 0 Å². The maximum absolute atomic E-state index is 13.2. The summed E-state index contributed by atoms with van der Waals surface area (Å²) in [4.78, 5) is 27.9. The molecule has 4 nitrogen and oxygen atoms in total. The van der Waals surface area contributed by atoms with E-state index in [9.17, 15) is 14.7 Å². The molecule has 33 heavy (non-hydrogen) atoms. The third-order valence-electron chi connectivity index (χ3n) is 6.43. The highest BCUT2D eigenvalue weighted by atomic mass is 16.3. The van der Waals surface area contributed by atoms with Crippen LogP contribution in [-0.4, -0.2) is 28.2 Å². The highest BCUT2D eigenvalue weighted by molar-refractivity contribution is 6.46. The van der Waals surface area contributed by atoms with Crippen LogP contribution in [0.25, 0.3) is 16.5 Å². The number of unbranched alkanes of at least 4 members (excludes halogenated alkanes) is 1. The Morgan fingerprint density at radius 2 is 1.61 bits per heavy atom. The van der Waals surface area contributed by atoms with Crippen LogP contribution in [0.1, 0.15) is 63.3 Å². The smallest absolute Gasteiger partial charge is 0.295 e. The lowest BCUT2D eigenvalue weighted by Gasteiger charge is -2.26. The van der Waals surface area contributed by atoms with Gasteiger partial charge in [0.15, 0.2) is 0 Å². The molecule has 0 bridgehead atoms. The molecular weight excluding hydrogens is 410 g/mol. The molecule has 3 aromatic carbocycles. The molecule has 1 aliphatic heterocycles. The lowest BCUT2D eigenvalue weighted by Crippen LogP contribution is -2.30. The molecule has 0 aliphatic carbocycles. The zero-order chi connectivity index (χ0) is 23.8. The molecular formula is C29H31NO3. The number of aliphatic hydroxyl groups is 1. The molecule has 1 amide bonds. The van der Waals surface area contributed by atoms with Crippen LogP contribution < -0.4 is 0 Å². The van der Waals surface area contributed by atoms with Crippen LogP contribution in [0.5, 0.6) is 0 Å². The Morgan fingerprint density at radius 3 is 2.27 bits per heavy atom. The van der Waals surface area contributed by atoms with Crippen molar-refractivity contribution < 1.29 is 14.7 Å². The normalized spacial score (nSPS) is 18.3. The second-order valence-corrected chi connectivity index (χ2v) is 9.74. The molecule has 0 radical (unpaired) electrons. The predicted molar refractivity (Wildman–Crippen MR) is 133 cm³/mol. The second-order valence-electron chi connectivity index (χ2n) is 9.74. The van der Waals surface area contributed by atoms with Gasteiger partial charge in [0.05, 0.1) is 11.6 Å². The molecule has 1 saturated heterocycles. The van der Waals surface area contributed by atoms with Crippen LogP contribution in [0.2, 0.25) is 0 Å². The number of carbonyl (C=O) groups is 2. The minimum Gasteiger partial charge on any atom is -0.507 e. The summed E-state index contributed by atoms with van der Waals surface area (Å²) in [6, 6.07) is 20.8. The van der Waals surface area contributed by atoms with Gasteiger partial charge in [-0.1, -0.05) is 101 Å². The van der Waals surface area contributed by atoms with Crippen molar-refractivity contribution in [3.05, 3.63) is 89.0 Å². The van der Waals surface area contributed by atoms with Crippen molar-refractivity contribution in [3.8, 4) is 0 Å². The number of likely N-dealkylation sites (tertiary alicyclic amines) is 1. The van der Waals surface area contributed by atoms with E-state index in [1.54, 1.807) is 11.0 Å². The molecule has 1 fully saturated rings. The Kier molecular flexibility index (Phi) is 6.11. The van der Waals surface area contributed by atoms with Gasteiger partial charge in [-0.2, -0.15) is 0 Å². The summed E-state index contributed by atoms with van der Waals surface area (Å²) in [5, 5.41) is 13.3. The van der Waals surface area contributed by atoms with E-state index in [4.69, 9.17) is 0 Å². The fourth-order valence-electron chi connectivity index (χ4n) is 4.53. The topological polar surface area (TPSA) is 57.6 Å². The van der Waals surface area contributed by atoms with Crippen LogP contribution in [-0.2, 0) is 15.0 Å². The van der Waals surface area contributed by atoms with Gasteiger partial charge in [0.1, 0.15) is 5.76 Å². The Hall–Kier alpha value is -3.40. The molecule has 1 unspecified atom stereocenters. The highest BCUT2D eigenvalue weighted by Gasteiger charge is 2.45. The minimum atomic E-state index is -0.624. The number of benzene rings is 3. The van der Waals surface area contributed by atoms with Gasteiger partial charge < -0.3 is 10.0 Å². The van der Waals surface area contributed by atoms with Crippen molar-refractivity contribution in [2.45, 2.75) is 52.0 Å². The maximum atomic E-state index is 13.2. The molecule has 4 heteroatoms. The maximum Gasteiger partial charge on any atom is 0.295 e. The van der Waals surface area contributed by atoms with E-state index < -0.39 is 17.7 Å². The van der Waals surface area contributed by atoms with Gasteiger partial charge in [-0.05, 0) is 33.7 Å². The molecule has 1 aliphatic rings. The number of fused-ring (bicyclic) bond motifs is 1. The third kappa shape index (κ3) is 4.18. The zero-order valence-electron chi connectivity index (χ0n) is 19.8. The SMILES string of the molecule is CCCCN1C(=O)C(=O)/C(=C(\O)c2cccc3ccccc23)C1c1ccc(C(C)(C)C)cc1. The number of Topliss-reactive ketones (excluding diaryl/α,β-unsaturated/α-hetero) is 1. The summed E-state index contributed by atoms with van der Waals surface area (Å²) >= 11 is 0. The first kappa shape index (κ1) is 22.8. The van der Waals surface area contributed by atoms with Gasteiger partial charge in [-0.3, -0.25) is 9.59 Å². The lowest BCUT2D eigenvalue weighted by atomic mass is 9.85. The monoisotopic (exact) mass is 441 g/mol. The van der Waals surface area contributed by atoms with E-state index >= 15 is 0 Å². The van der Waals surface area contributed by atoms with Gasteiger partial charge in [-0.25, -0.2) is 0 Å². The summed E-state index contributed by atoms with van der Waals surface area (Å²) in [6.07, 6.45) is 1.69. The number of carbonyl (C=O) groups excluding carboxylic acids is 2. The van der Waals surface area contributed by atoms with Crippen LogP contribution in [0.4, 0.5) is 0 Å². The molecule has 170 valence electrons. The van der Waals surface area contributed by atoms with E-state index in [1.165, 1.54) is 5.56 Å². The fraction of sp³-hybridized carbons (Fsp3) is 0.310. The number of amides is 1. The van der Waals surface area contributed by atoms with E-state index in [2.05, 4.69) is 27.7 Å². The van der Waals surface area contributed by atoms with Crippen molar-refractivity contribution in [2.24, 2.45) is 0 Å². The van der Waals surface area contributed by atoms with Gasteiger partial charge >= 0.3 is 0 Å². The summed E-state index contributed by atoms with van der Waals surface area (Å²) in [5.41, 5.74) is 2.73. The first-order chi connectivity index (χ1) is 15.7. The Bertz CT molecular complexity index is 1230. The zero-order valence-corrected chi connectivity index (χ0v) is 19.8. The summed E-state index contributed by atoms with van der Waals surface area (Å²) < 4.78 is 0. The van der Waals surface area contributed by atoms with Gasteiger partial charge in [0.25, 0.3) is 11.7 Å². The Balaban J connectivity index is 1.90. The number of nitrogens with zero attached hydrogens (tertiary/aromatic N) is 1. The summed E-state index contributed by atoms with van der Waals surface area (Å²) in [5.74, 6) is -1.29. The van der Waals surface area contributed by atoms with E-state index in [-0.39, 0.29) is 16.7 Å². The Morgan fingerprint density at radius 1 is 0.939 bits per heavy atom. The predicted octanol–water partition coefficient (Wildman–Crippen LogP) is 6.36. The average Bonchev–Trinajstić information content (AvgIpc) is 3.06. The number of hydrogen-bond acceptors (Lipinski definition) is 3. The van der Waals surface area contributed by atoms with E-state index in [0.717, 1.165) is 29.2 Å². The average molecular weight is 442 g/mol. The van der Waals surface area contributed by atoms with E-state index in [1.807, 2.05) is 60.7 Å². The van der Waals surface area contributed by atoms with Crippen LogP contribution in [0.3, 0.4) is 0 Å². The Labute approximate surface area is 195 Å². The van der Waals surface area contributed by atoms with Crippen LogP contribution in [0, 0.1) is 0 Å². The molecule has 1 heterocycles. The quantitative estimate of drug-likeness (QED) is 0.285. The van der Waals surface area contributed by atoms with E-state index in [0.29, 0.717) is 12.1 Å². The number of aliphatic hydroxyl groups excluding tert-OH is 1. The minimum absolute atomic E-state index is 0.00843.